The molecule has 2 amide bonds. The first kappa shape index (κ1) is 19.1. The van der Waals surface area contributed by atoms with Gasteiger partial charge in [0.2, 0.25) is 11.8 Å². The zero-order valence-electron chi connectivity index (χ0n) is 15.4. The Morgan fingerprint density at radius 1 is 1.31 bits per heavy atom. The monoisotopic (exact) mass is 392 g/mol. The fourth-order valence-corrected chi connectivity index (χ4v) is 5.30. The highest BCUT2D eigenvalue weighted by atomic mass is 32.2. The van der Waals surface area contributed by atoms with Crippen LogP contribution in [0.4, 0.5) is 0 Å². The zero-order chi connectivity index (χ0) is 18.7. The van der Waals surface area contributed by atoms with Gasteiger partial charge in [0.05, 0.1) is 0 Å². The number of nitrogens with zero attached hydrogens (tertiary/aromatic N) is 3. The van der Waals surface area contributed by atoms with Gasteiger partial charge in [0.1, 0.15) is 16.2 Å². The van der Waals surface area contributed by atoms with Gasteiger partial charge in [-0.25, -0.2) is 9.97 Å². The number of carbonyl (C=O) groups excluding carboxylic acids is 2. The van der Waals surface area contributed by atoms with Crippen LogP contribution in [0.5, 0.6) is 0 Å². The molecular weight excluding hydrogens is 368 g/mol. The normalized spacial score (nSPS) is 15.4. The quantitative estimate of drug-likeness (QED) is 0.625. The molecule has 1 fully saturated rings. The lowest BCUT2D eigenvalue weighted by Gasteiger charge is -2.31. The fourth-order valence-electron chi connectivity index (χ4n) is 3.25. The summed E-state index contributed by atoms with van der Waals surface area (Å²) in [6, 6.07) is 0. The van der Waals surface area contributed by atoms with Crippen molar-refractivity contribution in [2.45, 2.75) is 38.1 Å². The van der Waals surface area contributed by atoms with Crippen LogP contribution in [0.15, 0.2) is 11.4 Å². The smallest absolute Gasteiger partial charge is 0.223 e. The minimum absolute atomic E-state index is 0.0394. The van der Waals surface area contributed by atoms with Gasteiger partial charge in [0, 0.05) is 48.5 Å². The first-order valence-electron chi connectivity index (χ1n) is 8.84. The maximum Gasteiger partial charge on any atom is 0.223 e. The van der Waals surface area contributed by atoms with Gasteiger partial charge in [-0.05, 0) is 32.3 Å². The fraction of sp³-hybridized carbons (Fsp3) is 0.556. The minimum Gasteiger partial charge on any atom is -0.359 e. The van der Waals surface area contributed by atoms with E-state index < -0.39 is 0 Å². The number of nitrogens with one attached hydrogen (secondary N) is 1. The molecule has 0 saturated carbocycles. The highest BCUT2D eigenvalue weighted by Crippen LogP contribution is 2.34. The summed E-state index contributed by atoms with van der Waals surface area (Å²) < 4.78 is 0. The average Bonchev–Trinajstić information content (AvgIpc) is 2.96. The number of thioether (sulfide) groups is 1. The molecule has 26 heavy (non-hydrogen) atoms. The van der Waals surface area contributed by atoms with Gasteiger partial charge < -0.3 is 10.2 Å². The van der Waals surface area contributed by atoms with Gasteiger partial charge in [0.25, 0.3) is 0 Å². The number of thiophene rings is 1. The summed E-state index contributed by atoms with van der Waals surface area (Å²) in [6.07, 6.45) is 3.59. The highest BCUT2D eigenvalue weighted by molar-refractivity contribution is 7.99. The molecule has 0 spiro atoms. The molecule has 0 aromatic carbocycles. The van der Waals surface area contributed by atoms with Gasteiger partial charge in [-0.1, -0.05) is 0 Å². The van der Waals surface area contributed by atoms with E-state index in [2.05, 4.69) is 29.1 Å². The Hall–Kier alpha value is -1.67. The number of fused-ring (bicyclic) bond motifs is 1. The highest BCUT2D eigenvalue weighted by Gasteiger charge is 2.26. The Morgan fingerprint density at radius 3 is 2.73 bits per heavy atom. The van der Waals surface area contributed by atoms with E-state index in [9.17, 15) is 9.59 Å². The third-order valence-corrected chi connectivity index (χ3v) is 7.06. The second kappa shape index (κ2) is 8.35. The molecule has 2 aromatic heterocycles. The van der Waals surface area contributed by atoms with Crippen LogP contribution < -0.4 is 5.32 Å². The third kappa shape index (κ3) is 4.01. The molecule has 8 heteroatoms. The number of piperidine rings is 1. The van der Waals surface area contributed by atoms with Crippen molar-refractivity contribution in [1.82, 2.24) is 20.2 Å². The molecule has 2 aromatic rings. The number of carbonyl (C=O) groups is 2. The molecule has 3 heterocycles. The molecule has 1 saturated heterocycles. The lowest BCUT2D eigenvalue weighted by Crippen LogP contribution is -2.42. The molecule has 140 valence electrons. The molecule has 0 bridgehead atoms. The van der Waals surface area contributed by atoms with E-state index in [1.807, 2.05) is 4.90 Å². The van der Waals surface area contributed by atoms with Gasteiger partial charge in [-0.15, -0.1) is 23.1 Å². The van der Waals surface area contributed by atoms with E-state index >= 15 is 0 Å². The Morgan fingerprint density at radius 2 is 2.04 bits per heavy atom. The summed E-state index contributed by atoms with van der Waals surface area (Å²) in [5.41, 5.74) is 1.23. The van der Waals surface area contributed by atoms with Crippen molar-refractivity contribution < 1.29 is 9.59 Å². The Labute approximate surface area is 161 Å². The van der Waals surface area contributed by atoms with E-state index in [4.69, 9.17) is 0 Å². The molecule has 0 aliphatic carbocycles. The zero-order valence-corrected chi connectivity index (χ0v) is 17.0. The summed E-state index contributed by atoms with van der Waals surface area (Å²) in [5, 5.41) is 4.78. The van der Waals surface area contributed by atoms with E-state index in [1.54, 1.807) is 36.5 Å². The number of amides is 2. The Balaban J connectivity index is 1.53. The average molecular weight is 393 g/mol. The van der Waals surface area contributed by atoms with Crippen molar-refractivity contribution in [3.8, 4) is 0 Å². The lowest BCUT2D eigenvalue weighted by molar-refractivity contribution is -0.135. The molecule has 1 N–H and O–H groups in total. The van der Waals surface area contributed by atoms with Crippen LogP contribution in [-0.2, 0) is 9.59 Å². The third-order valence-electron chi connectivity index (χ3n) is 4.95. The van der Waals surface area contributed by atoms with Gasteiger partial charge >= 0.3 is 0 Å². The molecule has 0 unspecified atom stereocenters. The maximum atomic E-state index is 12.5. The number of rotatable bonds is 5. The van der Waals surface area contributed by atoms with Crippen molar-refractivity contribution in [3.63, 3.8) is 0 Å². The topological polar surface area (TPSA) is 75.2 Å². The van der Waals surface area contributed by atoms with Gasteiger partial charge in [0.15, 0.2) is 0 Å². The van der Waals surface area contributed by atoms with Crippen molar-refractivity contribution in [3.05, 3.63) is 16.8 Å². The van der Waals surface area contributed by atoms with E-state index in [0.717, 1.165) is 28.1 Å². The summed E-state index contributed by atoms with van der Waals surface area (Å²) in [5.74, 6) is 0.991. The second-order valence-electron chi connectivity index (χ2n) is 6.51. The first-order chi connectivity index (χ1) is 12.5. The van der Waals surface area contributed by atoms with Crippen LogP contribution in [0.3, 0.4) is 0 Å². The van der Waals surface area contributed by atoms with Crippen LogP contribution in [-0.4, -0.2) is 52.6 Å². The van der Waals surface area contributed by atoms with Crippen molar-refractivity contribution >= 4 is 45.1 Å². The number of hydrogen-bond acceptors (Lipinski definition) is 6. The van der Waals surface area contributed by atoms with E-state index in [0.29, 0.717) is 25.3 Å². The Bertz CT molecular complexity index is 813. The summed E-state index contributed by atoms with van der Waals surface area (Å²) in [4.78, 5) is 37.1. The molecular formula is C18H24N4O2S2. The SMILES string of the molecule is CNC(=O)C1CCN(C(=O)CCSc2ncnc3sc(C)c(C)c23)CC1. The minimum atomic E-state index is 0.0394. The van der Waals surface area contributed by atoms with Crippen molar-refractivity contribution in [2.24, 2.45) is 5.92 Å². The first-order valence-corrected chi connectivity index (χ1v) is 10.6. The van der Waals surface area contributed by atoms with Crippen LogP contribution in [0, 0.1) is 19.8 Å². The summed E-state index contributed by atoms with van der Waals surface area (Å²) >= 11 is 3.31. The maximum absolute atomic E-state index is 12.5. The number of likely N-dealkylation sites (tertiary alicyclic amines) is 1. The predicted octanol–water partition coefficient (Wildman–Crippen LogP) is 2.77. The van der Waals surface area contributed by atoms with Gasteiger partial charge in [-0.3, -0.25) is 9.59 Å². The standard InChI is InChI=1S/C18H24N4O2S2/c1-11-12(2)26-18-15(11)17(20-10-21-18)25-9-6-14(23)22-7-4-13(5-8-22)16(24)19-3/h10,13H,4-9H2,1-3H3,(H,19,24). The lowest BCUT2D eigenvalue weighted by atomic mass is 9.96. The number of aromatic nitrogens is 2. The van der Waals surface area contributed by atoms with Crippen LogP contribution in [0.1, 0.15) is 29.7 Å². The van der Waals surface area contributed by atoms with E-state index in [-0.39, 0.29) is 17.7 Å². The van der Waals surface area contributed by atoms with Crippen molar-refractivity contribution in [1.29, 1.82) is 0 Å². The summed E-state index contributed by atoms with van der Waals surface area (Å²) in [7, 11) is 1.66. The largest absolute Gasteiger partial charge is 0.359 e. The predicted molar refractivity (Wildman–Crippen MR) is 106 cm³/mol. The second-order valence-corrected chi connectivity index (χ2v) is 8.80. The molecule has 3 rings (SSSR count). The van der Waals surface area contributed by atoms with Crippen LogP contribution in [0.2, 0.25) is 0 Å². The molecule has 0 radical (unpaired) electrons. The van der Waals surface area contributed by atoms with Crippen molar-refractivity contribution in [2.75, 3.05) is 25.9 Å². The van der Waals surface area contributed by atoms with E-state index in [1.165, 1.54) is 10.4 Å². The number of hydrogen-bond donors (Lipinski definition) is 1. The van der Waals surface area contributed by atoms with Crippen LogP contribution in [0.25, 0.3) is 10.2 Å². The van der Waals surface area contributed by atoms with Gasteiger partial charge in [-0.2, -0.15) is 0 Å². The molecule has 1 aliphatic heterocycles. The summed E-state index contributed by atoms with van der Waals surface area (Å²) in [6.45, 7) is 5.54. The molecule has 0 atom stereocenters. The molecule has 1 aliphatic rings. The number of aryl methyl sites for hydroxylation is 2. The molecule has 6 nitrogen and oxygen atoms in total. The van der Waals surface area contributed by atoms with Crippen LogP contribution >= 0.6 is 23.1 Å². The Kier molecular flexibility index (Phi) is 6.13.